The molecule has 0 unspecified atom stereocenters. The van der Waals surface area contributed by atoms with E-state index in [0.29, 0.717) is 0 Å². The zero-order valence-corrected chi connectivity index (χ0v) is 15.7. The van der Waals surface area contributed by atoms with E-state index in [4.69, 9.17) is 4.98 Å². The lowest BCUT2D eigenvalue weighted by molar-refractivity contribution is 0.280. The van der Waals surface area contributed by atoms with Gasteiger partial charge in [0, 0.05) is 31.4 Å². The summed E-state index contributed by atoms with van der Waals surface area (Å²) in [4.78, 5) is 7.30. The van der Waals surface area contributed by atoms with Crippen LogP contribution in [0.25, 0.3) is 27.7 Å². The SMILES string of the molecule is Fc1ccc2nc(-c3ccc4ccccc4c3)c(CN3CCCNCC3)n2c1. The number of rotatable bonds is 3. The minimum absolute atomic E-state index is 0.242. The van der Waals surface area contributed by atoms with Crippen molar-refractivity contribution in [3.8, 4) is 11.3 Å². The average Bonchev–Trinajstić information content (AvgIpc) is 2.89. The fourth-order valence-electron chi connectivity index (χ4n) is 4.06. The van der Waals surface area contributed by atoms with Crippen LogP contribution in [0, 0.1) is 5.82 Å². The van der Waals surface area contributed by atoms with Gasteiger partial charge in [0.1, 0.15) is 11.5 Å². The topological polar surface area (TPSA) is 32.6 Å². The van der Waals surface area contributed by atoms with E-state index >= 15 is 0 Å². The first-order chi connectivity index (χ1) is 13.8. The van der Waals surface area contributed by atoms with Gasteiger partial charge in [0.2, 0.25) is 0 Å². The van der Waals surface area contributed by atoms with E-state index in [1.165, 1.54) is 16.8 Å². The van der Waals surface area contributed by atoms with Crippen LogP contribution < -0.4 is 5.32 Å². The van der Waals surface area contributed by atoms with E-state index in [1.807, 2.05) is 4.40 Å². The second-order valence-corrected chi connectivity index (χ2v) is 7.42. The summed E-state index contributed by atoms with van der Waals surface area (Å²) in [5.41, 5.74) is 3.85. The Morgan fingerprint density at radius 2 is 1.86 bits per heavy atom. The number of nitrogens with zero attached hydrogens (tertiary/aromatic N) is 3. The summed E-state index contributed by atoms with van der Waals surface area (Å²) in [7, 11) is 0. The van der Waals surface area contributed by atoms with Gasteiger partial charge >= 0.3 is 0 Å². The predicted octanol–water partition coefficient (Wildman–Crippen LogP) is 4.09. The van der Waals surface area contributed by atoms with Crippen LogP contribution in [0.5, 0.6) is 0 Å². The molecule has 4 nitrogen and oxygen atoms in total. The van der Waals surface area contributed by atoms with Gasteiger partial charge in [-0.25, -0.2) is 9.37 Å². The Morgan fingerprint density at radius 1 is 0.964 bits per heavy atom. The van der Waals surface area contributed by atoms with Crippen molar-refractivity contribution in [3.63, 3.8) is 0 Å². The zero-order chi connectivity index (χ0) is 18.9. The summed E-state index contributed by atoms with van der Waals surface area (Å²) in [6.07, 6.45) is 2.68. The highest BCUT2D eigenvalue weighted by atomic mass is 19.1. The molecule has 2 aromatic heterocycles. The van der Waals surface area contributed by atoms with Crippen LogP contribution >= 0.6 is 0 Å². The minimum Gasteiger partial charge on any atom is -0.315 e. The molecular formula is C23H23FN4. The molecule has 5 rings (SSSR count). The fraction of sp³-hybridized carbons (Fsp3) is 0.261. The molecule has 0 bridgehead atoms. The van der Waals surface area contributed by atoms with Gasteiger partial charge in [-0.05, 0) is 48.5 Å². The number of hydrogen-bond donors (Lipinski definition) is 1. The molecule has 1 aliphatic heterocycles. The van der Waals surface area contributed by atoms with Gasteiger partial charge in [0.25, 0.3) is 0 Å². The number of pyridine rings is 1. The number of benzene rings is 2. The Labute approximate surface area is 163 Å². The standard InChI is InChI=1S/C23H23FN4/c24-20-8-9-22-26-23(19-7-6-17-4-1-2-5-18(17)14-19)21(28(22)15-20)16-27-12-3-10-25-11-13-27/h1-2,4-9,14-15,25H,3,10-13,16H2. The fourth-order valence-corrected chi connectivity index (χ4v) is 4.06. The van der Waals surface area contributed by atoms with Crippen LogP contribution in [0.15, 0.2) is 60.8 Å². The monoisotopic (exact) mass is 374 g/mol. The van der Waals surface area contributed by atoms with Crippen molar-refractivity contribution in [2.24, 2.45) is 0 Å². The summed E-state index contributed by atoms with van der Waals surface area (Å²) >= 11 is 0. The summed E-state index contributed by atoms with van der Waals surface area (Å²) in [6, 6.07) is 18.0. The quantitative estimate of drug-likeness (QED) is 0.586. The second kappa shape index (κ2) is 7.34. The number of nitrogens with one attached hydrogen (secondary N) is 1. The molecule has 0 radical (unpaired) electrons. The third-order valence-electron chi connectivity index (χ3n) is 5.51. The van der Waals surface area contributed by atoms with E-state index in [1.54, 1.807) is 12.3 Å². The second-order valence-electron chi connectivity index (χ2n) is 7.42. The Balaban J connectivity index is 1.63. The minimum atomic E-state index is -0.242. The van der Waals surface area contributed by atoms with Crippen LogP contribution in [0.4, 0.5) is 4.39 Å². The van der Waals surface area contributed by atoms with Gasteiger partial charge in [-0.1, -0.05) is 36.4 Å². The van der Waals surface area contributed by atoms with Gasteiger partial charge in [-0.3, -0.25) is 9.30 Å². The smallest absolute Gasteiger partial charge is 0.139 e. The van der Waals surface area contributed by atoms with Gasteiger partial charge in [-0.15, -0.1) is 0 Å². The van der Waals surface area contributed by atoms with Gasteiger partial charge in [-0.2, -0.15) is 0 Å². The molecule has 0 spiro atoms. The molecule has 1 fully saturated rings. The molecule has 142 valence electrons. The maximum Gasteiger partial charge on any atom is 0.139 e. The van der Waals surface area contributed by atoms with Crippen molar-refractivity contribution in [3.05, 3.63) is 72.3 Å². The maximum atomic E-state index is 14.0. The van der Waals surface area contributed by atoms with E-state index in [2.05, 4.69) is 52.7 Å². The molecule has 4 aromatic rings. The third kappa shape index (κ3) is 3.28. The van der Waals surface area contributed by atoms with Gasteiger partial charge in [0.05, 0.1) is 11.4 Å². The lowest BCUT2D eigenvalue weighted by atomic mass is 10.0. The first-order valence-electron chi connectivity index (χ1n) is 9.87. The average molecular weight is 374 g/mol. The van der Waals surface area contributed by atoms with Crippen LogP contribution in [0.1, 0.15) is 12.1 Å². The Kier molecular flexibility index (Phi) is 4.55. The molecule has 5 heteroatoms. The maximum absolute atomic E-state index is 14.0. The highest BCUT2D eigenvalue weighted by molar-refractivity contribution is 5.87. The molecule has 0 amide bonds. The van der Waals surface area contributed by atoms with Crippen molar-refractivity contribution in [1.29, 1.82) is 0 Å². The summed E-state index contributed by atoms with van der Waals surface area (Å²) in [5.74, 6) is -0.242. The number of aromatic nitrogens is 2. The highest BCUT2D eigenvalue weighted by Crippen LogP contribution is 2.29. The summed E-state index contributed by atoms with van der Waals surface area (Å²) in [5, 5.41) is 5.84. The number of hydrogen-bond acceptors (Lipinski definition) is 3. The molecule has 1 saturated heterocycles. The van der Waals surface area contributed by atoms with Crippen LogP contribution in [0.3, 0.4) is 0 Å². The van der Waals surface area contributed by atoms with Gasteiger partial charge in [0.15, 0.2) is 0 Å². The molecule has 1 aliphatic rings. The largest absolute Gasteiger partial charge is 0.315 e. The number of fused-ring (bicyclic) bond motifs is 2. The highest BCUT2D eigenvalue weighted by Gasteiger charge is 2.18. The predicted molar refractivity (Wildman–Crippen MR) is 111 cm³/mol. The third-order valence-corrected chi connectivity index (χ3v) is 5.51. The zero-order valence-electron chi connectivity index (χ0n) is 15.7. The van der Waals surface area contributed by atoms with E-state index in [-0.39, 0.29) is 5.82 Å². The lowest BCUT2D eigenvalue weighted by Gasteiger charge is -2.20. The first kappa shape index (κ1) is 17.3. The molecule has 1 N–H and O–H groups in total. The van der Waals surface area contributed by atoms with E-state index < -0.39 is 0 Å². The van der Waals surface area contributed by atoms with Gasteiger partial charge < -0.3 is 5.32 Å². The van der Waals surface area contributed by atoms with Crippen LogP contribution in [-0.4, -0.2) is 40.5 Å². The normalized spacial score (nSPS) is 15.9. The molecule has 0 aliphatic carbocycles. The van der Waals surface area contributed by atoms with Crippen molar-refractivity contribution < 1.29 is 4.39 Å². The molecule has 3 heterocycles. The Bertz CT molecular complexity index is 1130. The molecule has 2 aromatic carbocycles. The van der Waals surface area contributed by atoms with Crippen molar-refractivity contribution >= 4 is 16.4 Å². The van der Waals surface area contributed by atoms with Crippen molar-refractivity contribution in [2.75, 3.05) is 26.2 Å². The number of imidazole rings is 1. The Hall–Kier alpha value is -2.76. The van der Waals surface area contributed by atoms with E-state index in [0.717, 1.165) is 61.7 Å². The summed E-state index contributed by atoms with van der Waals surface area (Å²) in [6.45, 7) is 4.81. The van der Waals surface area contributed by atoms with Crippen LogP contribution in [0.2, 0.25) is 0 Å². The van der Waals surface area contributed by atoms with Crippen molar-refractivity contribution in [2.45, 2.75) is 13.0 Å². The summed E-state index contributed by atoms with van der Waals surface area (Å²) < 4.78 is 15.9. The van der Waals surface area contributed by atoms with E-state index in [9.17, 15) is 4.39 Å². The Morgan fingerprint density at radius 3 is 2.79 bits per heavy atom. The van der Waals surface area contributed by atoms with Crippen molar-refractivity contribution in [1.82, 2.24) is 19.6 Å². The molecular weight excluding hydrogens is 351 g/mol. The number of halogens is 1. The first-order valence-corrected chi connectivity index (χ1v) is 9.87. The lowest BCUT2D eigenvalue weighted by Crippen LogP contribution is -2.28. The molecule has 0 atom stereocenters. The molecule has 0 saturated carbocycles. The molecule has 28 heavy (non-hydrogen) atoms. The van der Waals surface area contributed by atoms with Crippen LogP contribution in [-0.2, 0) is 6.54 Å².